The Morgan fingerprint density at radius 1 is 1.43 bits per heavy atom. The first-order valence-corrected chi connectivity index (χ1v) is 7.83. The first kappa shape index (κ1) is 15.8. The van der Waals surface area contributed by atoms with E-state index in [1.54, 1.807) is 0 Å². The molecule has 2 rings (SSSR count). The molecule has 5 heteroatoms. The second kappa shape index (κ2) is 7.41. The molecule has 1 aromatic rings. The fourth-order valence-corrected chi connectivity index (χ4v) is 2.80. The number of aromatic amines is 1. The number of amides is 1. The molecule has 1 atom stereocenters. The Morgan fingerprint density at radius 2 is 2.24 bits per heavy atom. The zero-order valence-corrected chi connectivity index (χ0v) is 12.9. The van der Waals surface area contributed by atoms with Crippen molar-refractivity contribution in [1.82, 2.24) is 15.2 Å². The highest BCUT2D eigenvalue weighted by atomic mass is 16.2. The summed E-state index contributed by atoms with van der Waals surface area (Å²) in [7, 11) is 0. The topological polar surface area (TPSA) is 65.2 Å². The average Bonchev–Trinajstić information content (AvgIpc) is 2.47. The quantitative estimate of drug-likeness (QED) is 0.867. The van der Waals surface area contributed by atoms with Gasteiger partial charge < -0.3 is 15.2 Å². The third-order valence-corrected chi connectivity index (χ3v) is 3.92. The van der Waals surface area contributed by atoms with E-state index in [0.717, 1.165) is 25.1 Å². The molecule has 1 aromatic heterocycles. The van der Waals surface area contributed by atoms with Gasteiger partial charge in [-0.1, -0.05) is 13.3 Å². The molecule has 5 nitrogen and oxygen atoms in total. The van der Waals surface area contributed by atoms with Gasteiger partial charge in [0, 0.05) is 37.1 Å². The summed E-state index contributed by atoms with van der Waals surface area (Å²) in [6, 6.07) is 1.83. The minimum absolute atomic E-state index is 0.162. The van der Waals surface area contributed by atoms with Crippen LogP contribution in [0.3, 0.4) is 0 Å². The normalized spacial score (nSPS) is 18.5. The molecule has 116 valence electrons. The second-order valence-corrected chi connectivity index (χ2v) is 5.79. The van der Waals surface area contributed by atoms with Crippen LogP contribution in [-0.4, -0.2) is 41.5 Å². The molecule has 21 heavy (non-hydrogen) atoms. The molecule has 2 heterocycles. The molecule has 1 fully saturated rings. The summed E-state index contributed by atoms with van der Waals surface area (Å²) < 4.78 is 0. The van der Waals surface area contributed by atoms with Crippen LogP contribution in [0, 0.1) is 6.92 Å². The molecule has 0 saturated carbocycles. The summed E-state index contributed by atoms with van der Waals surface area (Å²) in [5, 5.41) is 3.46. The SMILES string of the molecule is CCCN(CC1CCCCN1)C(=O)c1c[nH]c(C)cc1=O. The van der Waals surface area contributed by atoms with Crippen LogP contribution in [0.5, 0.6) is 0 Å². The number of hydrogen-bond acceptors (Lipinski definition) is 3. The van der Waals surface area contributed by atoms with Gasteiger partial charge in [0.05, 0.1) is 0 Å². The van der Waals surface area contributed by atoms with Gasteiger partial charge in [-0.3, -0.25) is 9.59 Å². The van der Waals surface area contributed by atoms with E-state index in [2.05, 4.69) is 10.3 Å². The first-order chi connectivity index (χ1) is 10.1. The molecule has 0 aromatic carbocycles. The van der Waals surface area contributed by atoms with Crippen molar-refractivity contribution in [3.8, 4) is 0 Å². The molecule has 1 aliphatic heterocycles. The Balaban J connectivity index is 2.12. The lowest BCUT2D eigenvalue weighted by Gasteiger charge is -2.30. The van der Waals surface area contributed by atoms with Crippen LogP contribution in [0.1, 0.15) is 48.7 Å². The van der Waals surface area contributed by atoms with Crippen molar-refractivity contribution in [3.05, 3.63) is 33.7 Å². The molecule has 0 bridgehead atoms. The highest BCUT2D eigenvalue weighted by Gasteiger charge is 2.22. The van der Waals surface area contributed by atoms with Gasteiger partial charge in [0.1, 0.15) is 5.56 Å². The van der Waals surface area contributed by atoms with E-state index in [1.165, 1.54) is 25.1 Å². The summed E-state index contributed by atoms with van der Waals surface area (Å²) in [6.07, 6.45) is 5.93. The monoisotopic (exact) mass is 291 g/mol. The molecule has 1 aliphatic rings. The maximum atomic E-state index is 12.6. The van der Waals surface area contributed by atoms with Gasteiger partial charge in [0.2, 0.25) is 0 Å². The van der Waals surface area contributed by atoms with E-state index in [4.69, 9.17) is 0 Å². The van der Waals surface area contributed by atoms with Crippen molar-refractivity contribution in [2.75, 3.05) is 19.6 Å². The number of nitrogens with zero attached hydrogens (tertiary/aromatic N) is 1. The Kier molecular flexibility index (Phi) is 5.56. The van der Waals surface area contributed by atoms with Crippen LogP contribution in [0.2, 0.25) is 0 Å². The number of carbonyl (C=O) groups is 1. The number of pyridine rings is 1. The number of rotatable bonds is 5. The highest BCUT2D eigenvalue weighted by Crippen LogP contribution is 2.10. The maximum Gasteiger partial charge on any atom is 0.259 e. The molecule has 0 spiro atoms. The van der Waals surface area contributed by atoms with Crippen molar-refractivity contribution in [1.29, 1.82) is 0 Å². The van der Waals surface area contributed by atoms with Crippen molar-refractivity contribution in [3.63, 3.8) is 0 Å². The van der Waals surface area contributed by atoms with E-state index < -0.39 is 0 Å². The van der Waals surface area contributed by atoms with Crippen molar-refractivity contribution >= 4 is 5.91 Å². The average molecular weight is 291 g/mol. The van der Waals surface area contributed by atoms with Gasteiger partial charge in [0.25, 0.3) is 5.91 Å². The minimum Gasteiger partial charge on any atom is -0.364 e. The molecule has 1 saturated heterocycles. The third kappa shape index (κ3) is 4.17. The Morgan fingerprint density at radius 3 is 2.86 bits per heavy atom. The number of carbonyl (C=O) groups excluding carboxylic acids is 1. The van der Waals surface area contributed by atoms with Crippen LogP contribution >= 0.6 is 0 Å². The molecule has 1 unspecified atom stereocenters. The Hall–Kier alpha value is -1.62. The van der Waals surface area contributed by atoms with E-state index in [0.29, 0.717) is 19.1 Å². The zero-order chi connectivity index (χ0) is 15.2. The van der Waals surface area contributed by atoms with Crippen LogP contribution in [0.4, 0.5) is 0 Å². The predicted octanol–water partition coefficient (Wildman–Crippen LogP) is 1.68. The number of aromatic nitrogens is 1. The van der Waals surface area contributed by atoms with Crippen LogP contribution < -0.4 is 10.7 Å². The predicted molar refractivity (Wildman–Crippen MR) is 83.6 cm³/mol. The fraction of sp³-hybridized carbons (Fsp3) is 0.625. The largest absolute Gasteiger partial charge is 0.364 e. The van der Waals surface area contributed by atoms with Gasteiger partial charge in [-0.2, -0.15) is 0 Å². The van der Waals surface area contributed by atoms with Gasteiger partial charge in [-0.05, 0) is 32.7 Å². The van der Waals surface area contributed by atoms with Crippen LogP contribution in [-0.2, 0) is 0 Å². The van der Waals surface area contributed by atoms with Gasteiger partial charge in [0.15, 0.2) is 5.43 Å². The smallest absolute Gasteiger partial charge is 0.259 e. The number of H-pyrrole nitrogens is 1. The van der Waals surface area contributed by atoms with E-state index in [1.807, 2.05) is 18.7 Å². The van der Waals surface area contributed by atoms with Crippen molar-refractivity contribution in [2.45, 2.75) is 45.6 Å². The number of hydrogen-bond donors (Lipinski definition) is 2. The lowest BCUT2D eigenvalue weighted by molar-refractivity contribution is 0.0730. The Bertz CT molecular complexity index is 533. The molecular formula is C16H25N3O2. The summed E-state index contributed by atoms with van der Waals surface area (Å²) >= 11 is 0. The molecule has 0 radical (unpaired) electrons. The molecule has 1 amide bonds. The molecular weight excluding hydrogens is 266 g/mol. The standard InChI is InChI=1S/C16H25N3O2/c1-3-8-19(11-13-6-4-5-7-17-13)16(21)14-10-18-12(2)9-15(14)20/h9-10,13,17H,3-8,11H2,1-2H3,(H,18,20). The van der Waals surface area contributed by atoms with Gasteiger partial charge >= 0.3 is 0 Å². The lowest BCUT2D eigenvalue weighted by Crippen LogP contribution is -2.46. The van der Waals surface area contributed by atoms with E-state index in [-0.39, 0.29) is 16.9 Å². The number of nitrogens with one attached hydrogen (secondary N) is 2. The number of piperidine rings is 1. The minimum atomic E-state index is -0.200. The third-order valence-electron chi connectivity index (χ3n) is 3.92. The second-order valence-electron chi connectivity index (χ2n) is 5.79. The van der Waals surface area contributed by atoms with Crippen molar-refractivity contribution in [2.24, 2.45) is 0 Å². The van der Waals surface area contributed by atoms with Crippen LogP contribution in [0.15, 0.2) is 17.1 Å². The summed E-state index contributed by atoms with van der Waals surface area (Å²) in [5.41, 5.74) is 0.811. The zero-order valence-electron chi connectivity index (χ0n) is 12.9. The van der Waals surface area contributed by atoms with Gasteiger partial charge in [-0.15, -0.1) is 0 Å². The first-order valence-electron chi connectivity index (χ1n) is 7.83. The Labute approximate surface area is 125 Å². The van der Waals surface area contributed by atoms with Gasteiger partial charge in [-0.25, -0.2) is 0 Å². The van der Waals surface area contributed by atoms with E-state index in [9.17, 15) is 9.59 Å². The molecule has 0 aliphatic carbocycles. The highest BCUT2D eigenvalue weighted by molar-refractivity contribution is 5.93. The van der Waals surface area contributed by atoms with E-state index >= 15 is 0 Å². The summed E-state index contributed by atoms with van der Waals surface area (Å²) in [6.45, 7) is 6.24. The van der Waals surface area contributed by atoms with Crippen LogP contribution in [0.25, 0.3) is 0 Å². The lowest BCUT2D eigenvalue weighted by atomic mass is 10.0. The fourth-order valence-electron chi connectivity index (χ4n) is 2.80. The summed E-state index contributed by atoms with van der Waals surface area (Å²) in [5.74, 6) is -0.162. The maximum absolute atomic E-state index is 12.6. The summed E-state index contributed by atoms with van der Waals surface area (Å²) in [4.78, 5) is 29.4. The van der Waals surface area contributed by atoms with Crippen molar-refractivity contribution < 1.29 is 4.79 Å². The molecule has 2 N–H and O–H groups in total. The number of aryl methyl sites for hydroxylation is 1.